The molecular weight excluding hydrogens is 916 g/mol. The highest BCUT2D eigenvalue weighted by Crippen LogP contribution is 2.38. The predicted molar refractivity (Wildman–Crippen MR) is 264 cm³/mol. The van der Waals surface area contributed by atoms with Crippen molar-refractivity contribution in [3.05, 3.63) is 119 Å². The molecule has 19 heteroatoms. The van der Waals surface area contributed by atoms with Crippen LogP contribution in [0.2, 0.25) is 0 Å². The van der Waals surface area contributed by atoms with Gasteiger partial charge in [-0.1, -0.05) is 30.7 Å². The minimum Gasteiger partial charge on any atom is -0.494 e. The SMILES string of the molecule is CN1CCC(Nc2cccc(C(N)=O)c2CCc2cccc(OCCCCCCOCCOCC(=O)Nc3cccc4c3CN(C3CCC(=O)NC3=O)C4=O)c2)(c2nc(-c3ccncc3)n[nH]2)CC1.Cl. The Labute approximate surface area is 413 Å². The average Bonchev–Trinajstić information content (AvgIpc) is 3.99. The lowest BCUT2D eigenvalue weighted by Gasteiger charge is -2.41. The van der Waals surface area contributed by atoms with Crippen molar-refractivity contribution >= 4 is 53.3 Å². The lowest BCUT2D eigenvalue weighted by molar-refractivity contribution is -0.137. The number of unbranched alkanes of at least 4 members (excludes halogenated alkanes) is 3. The largest absolute Gasteiger partial charge is 0.494 e. The maximum atomic E-state index is 13.1. The van der Waals surface area contributed by atoms with Crippen molar-refractivity contribution in [2.75, 3.05) is 63.8 Å². The smallest absolute Gasteiger partial charge is 0.255 e. The minimum atomic E-state index is -0.734. The van der Waals surface area contributed by atoms with E-state index in [9.17, 15) is 24.0 Å². The Balaban J connectivity index is 0.00000722. The number of ether oxygens (including phenoxy) is 3. The number of benzene rings is 3. The number of hydrogen-bond donors (Lipinski definition) is 5. The number of halogens is 1. The molecule has 8 rings (SSSR count). The third-order valence-corrected chi connectivity index (χ3v) is 13.0. The summed E-state index contributed by atoms with van der Waals surface area (Å²) in [6.07, 6.45) is 10.4. The van der Waals surface area contributed by atoms with E-state index >= 15 is 0 Å². The lowest BCUT2D eigenvalue weighted by atomic mass is 9.85. The highest BCUT2D eigenvalue weighted by atomic mass is 35.5. The van der Waals surface area contributed by atoms with E-state index in [1.807, 2.05) is 36.4 Å². The molecule has 18 nitrogen and oxygen atoms in total. The minimum absolute atomic E-state index is 0. The molecule has 0 radical (unpaired) electrons. The van der Waals surface area contributed by atoms with Gasteiger partial charge in [0.15, 0.2) is 11.6 Å². The Morgan fingerprint density at radius 3 is 2.40 bits per heavy atom. The molecule has 370 valence electrons. The van der Waals surface area contributed by atoms with Crippen LogP contribution in [0.4, 0.5) is 11.4 Å². The summed E-state index contributed by atoms with van der Waals surface area (Å²) in [5.41, 5.74) is 11.1. The first kappa shape index (κ1) is 51.1. The van der Waals surface area contributed by atoms with E-state index in [1.54, 1.807) is 36.7 Å². The van der Waals surface area contributed by atoms with Crippen molar-refractivity contribution in [1.29, 1.82) is 0 Å². The van der Waals surface area contributed by atoms with Crippen molar-refractivity contribution in [2.45, 2.75) is 82.3 Å². The Bertz CT molecular complexity index is 2620. The van der Waals surface area contributed by atoms with Crippen LogP contribution in [0.5, 0.6) is 5.75 Å². The van der Waals surface area contributed by atoms with Crippen LogP contribution in [-0.4, -0.2) is 119 Å². The molecule has 5 heterocycles. The van der Waals surface area contributed by atoms with Crippen molar-refractivity contribution in [1.82, 2.24) is 35.3 Å². The van der Waals surface area contributed by atoms with Gasteiger partial charge >= 0.3 is 0 Å². The quantitative estimate of drug-likeness (QED) is 0.0398. The number of primary amides is 1. The number of H-pyrrole nitrogens is 1. The average molecular weight is 978 g/mol. The number of aromatic amines is 1. The van der Waals surface area contributed by atoms with Gasteiger partial charge in [0.25, 0.3) is 5.91 Å². The molecule has 2 aromatic heterocycles. The second-order valence-electron chi connectivity index (χ2n) is 17.8. The zero-order valence-electron chi connectivity index (χ0n) is 39.4. The van der Waals surface area contributed by atoms with Crippen LogP contribution in [0.3, 0.4) is 0 Å². The third-order valence-electron chi connectivity index (χ3n) is 13.0. The number of likely N-dealkylation sites (tertiary alicyclic amines) is 1. The number of nitrogens with one attached hydrogen (secondary N) is 4. The Morgan fingerprint density at radius 1 is 0.871 bits per heavy atom. The summed E-state index contributed by atoms with van der Waals surface area (Å²) in [6, 6.07) is 21.9. The molecule has 2 saturated heterocycles. The van der Waals surface area contributed by atoms with E-state index in [1.165, 1.54) is 4.90 Å². The maximum Gasteiger partial charge on any atom is 0.255 e. The number of hydrogen-bond acceptors (Lipinski definition) is 13. The molecule has 3 aliphatic rings. The van der Waals surface area contributed by atoms with Gasteiger partial charge in [0.05, 0.1) is 25.4 Å². The number of anilines is 2. The molecule has 2 fully saturated rings. The molecule has 70 heavy (non-hydrogen) atoms. The number of piperidine rings is 2. The summed E-state index contributed by atoms with van der Waals surface area (Å²) in [4.78, 5) is 75.4. The van der Waals surface area contributed by atoms with Crippen LogP contribution in [0.15, 0.2) is 85.2 Å². The van der Waals surface area contributed by atoms with Gasteiger partial charge < -0.3 is 40.4 Å². The number of rotatable bonds is 23. The van der Waals surface area contributed by atoms with Gasteiger partial charge in [-0.05, 0) is 118 Å². The second-order valence-corrected chi connectivity index (χ2v) is 17.8. The fourth-order valence-corrected chi connectivity index (χ4v) is 9.17. The molecule has 0 saturated carbocycles. The van der Waals surface area contributed by atoms with Crippen molar-refractivity contribution in [2.24, 2.45) is 5.73 Å². The molecule has 0 spiro atoms. The summed E-state index contributed by atoms with van der Waals surface area (Å²) in [5, 5.41) is 16.8. The highest BCUT2D eigenvalue weighted by molar-refractivity contribution is 6.07. The van der Waals surface area contributed by atoms with Crippen LogP contribution >= 0.6 is 12.4 Å². The van der Waals surface area contributed by atoms with Crippen molar-refractivity contribution in [3.8, 4) is 17.1 Å². The molecule has 3 aliphatic heterocycles. The number of aryl methyl sites for hydroxylation is 1. The molecule has 5 amide bonds. The molecule has 0 aliphatic carbocycles. The fourth-order valence-electron chi connectivity index (χ4n) is 9.17. The van der Waals surface area contributed by atoms with Gasteiger partial charge in [-0.25, -0.2) is 4.98 Å². The number of nitrogens with two attached hydrogens (primary N) is 1. The van der Waals surface area contributed by atoms with E-state index < -0.39 is 23.4 Å². The molecule has 5 aromatic rings. The van der Waals surface area contributed by atoms with Gasteiger partial charge in [-0.3, -0.25) is 39.4 Å². The molecular formula is C51H61ClN10O8. The molecule has 1 atom stereocenters. The van der Waals surface area contributed by atoms with Gasteiger partial charge in [0.2, 0.25) is 23.6 Å². The molecule has 6 N–H and O–H groups in total. The molecule has 1 unspecified atom stereocenters. The van der Waals surface area contributed by atoms with Crippen molar-refractivity contribution in [3.63, 3.8) is 0 Å². The summed E-state index contributed by atoms with van der Waals surface area (Å²) in [6.45, 7) is 3.46. The number of carbonyl (C=O) groups is 5. The number of carbonyl (C=O) groups excluding carboxylic acids is 5. The number of pyridine rings is 1. The first-order valence-corrected chi connectivity index (χ1v) is 23.7. The predicted octanol–water partition coefficient (Wildman–Crippen LogP) is 5.58. The number of fused-ring (bicyclic) bond motifs is 1. The first-order chi connectivity index (χ1) is 33.6. The summed E-state index contributed by atoms with van der Waals surface area (Å²) in [5.74, 6) is 0.172. The van der Waals surface area contributed by atoms with E-state index in [0.29, 0.717) is 60.9 Å². The van der Waals surface area contributed by atoms with E-state index in [0.717, 1.165) is 85.6 Å². The zero-order valence-corrected chi connectivity index (χ0v) is 40.2. The Morgan fingerprint density at radius 2 is 1.61 bits per heavy atom. The molecule has 3 aromatic carbocycles. The van der Waals surface area contributed by atoms with Crippen molar-refractivity contribution < 1.29 is 38.2 Å². The second kappa shape index (κ2) is 24.2. The van der Waals surface area contributed by atoms with Crippen LogP contribution < -0.4 is 26.4 Å². The van der Waals surface area contributed by atoms with Crippen LogP contribution in [-0.2, 0) is 48.8 Å². The zero-order chi connectivity index (χ0) is 48.2. The fraction of sp³-hybridized carbons (Fsp3) is 0.412. The van der Waals surface area contributed by atoms with Crippen LogP contribution in [0.25, 0.3) is 11.4 Å². The first-order valence-electron chi connectivity index (χ1n) is 23.7. The van der Waals surface area contributed by atoms with Crippen LogP contribution in [0, 0.1) is 0 Å². The standard InChI is InChI=1S/C51H60N10O8.ClH/c1-60-25-21-51(22-26-60,50-56-47(58-59-50)35-19-23-53-24-20-35)57-42-14-7-11-38(46(52)64)37(42)16-15-34-9-6-10-36(31-34)69-28-5-3-2-4-27-67-29-30-68-33-45(63)54-41-13-8-12-39-40(41)32-61(49(39)66)43-17-18-44(62)55-48(43)65;/h6-14,19-20,23-24,31,43,57H,2-5,15-18,21-22,25-30,32-33H2,1H3,(H2,52,64)(H,54,63)(H,55,62,65)(H,56,58,59);1H. The Hall–Kier alpha value is -6.73. The van der Waals surface area contributed by atoms with Gasteiger partial charge in [-0.15, -0.1) is 12.4 Å². The topological polar surface area (TPSA) is 236 Å². The third kappa shape index (κ3) is 12.7. The summed E-state index contributed by atoms with van der Waals surface area (Å²) >= 11 is 0. The van der Waals surface area contributed by atoms with E-state index in [2.05, 4.69) is 55.2 Å². The summed E-state index contributed by atoms with van der Waals surface area (Å²) < 4.78 is 17.4. The Kier molecular flexibility index (Phi) is 17.7. The van der Waals surface area contributed by atoms with Crippen LogP contribution in [0.1, 0.15) is 94.6 Å². The maximum absolute atomic E-state index is 13.1. The number of amides is 5. The number of aromatic nitrogens is 4. The number of imide groups is 1. The monoisotopic (exact) mass is 976 g/mol. The lowest BCUT2D eigenvalue weighted by Crippen LogP contribution is -2.52. The van der Waals surface area contributed by atoms with E-state index in [-0.39, 0.29) is 62.7 Å². The molecule has 0 bridgehead atoms. The van der Waals surface area contributed by atoms with Gasteiger partial charge in [0.1, 0.15) is 18.4 Å². The van der Waals surface area contributed by atoms with Gasteiger partial charge in [0, 0.05) is 78.7 Å². The normalized spacial score (nSPS) is 16.6. The number of nitrogens with zero attached hydrogens (tertiary/aromatic N) is 5. The van der Waals surface area contributed by atoms with Gasteiger partial charge in [-0.2, -0.15) is 5.10 Å². The van der Waals surface area contributed by atoms with E-state index in [4.69, 9.17) is 24.9 Å². The summed E-state index contributed by atoms with van der Waals surface area (Å²) in [7, 11) is 2.12. The highest BCUT2D eigenvalue weighted by Gasteiger charge is 2.41.